The topological polar surface area (TPSA) is 38.9 Å². The summed E-state index contributed by atoms with van der Waals surface area (Å²) in [6.45, 7) is 0.599. The van der Waals surface area contributed by atoms with Crippen LogP contribution in [0.4, 0.5) is 0 Å². The number of pyridine rings is 1. The van der Waals surface area contributed by atoms with Gasteiger partial charge in [0, 0.05) is 17.5 Å². The van der Waals surface area contributed by atoms with Crippen LogP contribution in [0.3, 0.4) is 0 Å². The first-order chi connectivity index (χ1) is 6.81. The van der Waals surface area contributed by atoms with Crippen molar-refractivity contribution in [1.82, 2.24) is 4.98 Å². The van der Waals surface area contributed by atoms with Gasteiger partial charge in [-0.1, -0.05) is 29.8 Å². The van der Waals surface area contributed by atoms with E-state index in [2.05, 4.69) is 4.98 Å². The highest BCUT2D eigenvalue weighted by atomic mass is 35.5. The summed E-state index contributed by atoms with van der Waals surface area (Å²) in [5.74, 6) is 0. The van der Waals surface area contributed by atoms with Gasteiger partial charge in [0.2, 0.25) is 0 Å². The predicted octanol–water partition coefficient (Wildman–Crippen LogP) is 2.39. The third kappa shape index (κ3) is 1.72. The second-order valence-electron chi connectivity index (χ2n) is 3.15. The molecule has 1 aromatic heterocycles. The number of halogens is 1. The van der Waals surface area contributed by atoms with Gasteiger partial charge in [-0.15, -0.1) is 0 Å². The Balaban J connectivity index is 2.60. The number of nitrogens with zero attached hydrogens (tertiary/aromatic N) is 1. The normalized spacial score (nSPS) is 10.7. The molecule has 0 amide bonds. The minimum Gasteiger partial charge on any atom is -0.330 e. The van der Waals surface area contributed by atoms with Gasteiger partial charge in [-0.05, 0) is 18.7 Å². The van der Waals surface area contributed by atoms with Crippen LogP contribution in [-0.4, -0.2) is 11.5 Å². The number of benzene rings is 1. The Kier molecular flexibility index (Phi) is 2.66. The zero-order valence-electron chi connectivity index (χ0n) is 7.70. The standard InChI is InChI=1S/C11H11ClN2/c12-10-7-8(5-6-13)14-11-4-2-1-3-9(10)11/h1-4,7H,5-6,13H2. The van der Waals surface area contributed by atoms with Gasteiger partial charge in [-0.3, -0.25) is 4.98 Å². The lowest BCUT2D eigenvalue weighted by Gasteiger charge is -2.03. The fraction of sp³-hybridized carbons (Fsp3) is 0.182. The van der Waals surface area contributed by atoms with Gasteiger partial charge in [-0.25, -0.2) is 0 Å². The van der Waals surface area contributed by atoms with E-state index in [0.717, 1.165) is 28.0 Å². The Labute approximate surface area is 87.7 Å². The Morgan fingerprint density at radius 3 is 2.86 bits per heavy atom. The molecular weight excluding hydrogens is 196 g/mol. The van der Waals surface area contributed by atoms with Crippen molar-refractivity contribution in [3.05, 3.63) is 41.0 Å². The molecule has 0 atom stereocenters. The smallest absolute Gasteiger partial charge is 0.0720 e. The third-order valence-electron chi connectivity index (χ3n) is 2.12. The maximum atomic E-state index is 6.12. The molecule has 14 heavy (non-hydrogen) atoms. The van der Waals surface area contributed by atoms with Crippen LogP contribution >= 0.6 is 11.6 Å². The number of fused-ring (bicyclic) bond motifs is 1. The van der Waals surface area contributed by atoms with Gasteiger partial charge in [0.1, 0.15) is 0 Å². The first kappa shape index (κ1) is 9.44. The van der Waals surface area contributed by atoms with Gasteiger partial charge in [0.25, 0.3) is 0 Å². The fourth-order valence-corrected chi connectivity index (χ4v) is 1.75. The molecule has 72 valence electrons. The molecule has 0 unspecified atom stereocenters. The summed E-state index contributed by atoms with van der Waals surface area (Å²) in [6.07, 6.45) is 0.768. The van der Waals surface area contributed by atoms with E-state index in [1.807, 2.05) is 30.3 Å². The van der Waals surface area contributed by atoms with Crippen LogP contribution in [0.25, 0.3) is 10.9 Å². The second-order valence-corrected chi connectivity index (χ2v) is 3.56. The van der Waals surface area contributed by atoms with Crippen molar-refractivity contribution in [2.75, 3.05) is 6.54 Å². The number of hydrogen-bond acceptors (Lipinski definition) is 2. The number of rotatable bonds is 2. The lowest BCUT2D eigenvalue weighted by molar-refractivity contribution is 0.932. The van der Waals surface area contributed by atoms with Gasteiger partial charge < -0.3 is 5.73 Å². The van der Waals surface area contributed by atoms with Gasteiger partial charge in [-0.2, -0.15) is 0 Å². The molecule has 2 aromatic rings. The molecule has 0 fully saturated rings. The average molecular weight is 207 g/mol. The Morgan fingerprint density at radius 1 is 1.29 bits per heavy atom. The second kappa shape index (κ2) is 3.95. The Hall–Kier alpha value is -1.12. The van der Waals surface area contributed by atoms with Crippen molar-refractivity contribution in [2.24, 2.45) is 5.73 Å². The van der Waals surface area contributed by atoms with E-state index in [9.17, 15) is 0 Å². The molecule has 0 aliphatic carbocycles. The molecule has 0 saturated heterocycles. The van der Waals surface area contributed by atoms with Crippen LogP contribution in [0.5, 0.6) is 0 Å². The Bertz CT molecular complexity index is 454. The maximum Gasteiger partial charge on any atom is 0.0720 e. The van der Waals surface area contributed by atoms with Crippen LogP contribution < -0.4 is 5.73 Å². The van der Waals surface area contributed by atoms with Crippen molar-refractivity contribution in [1.29, 1.82) is 0 Å². The fourth-order valence-electron chi connectivity index (χ4n) is 1.46. The van der Waals surface area contributed by atoms with E-state index in [1.165, 1.54) is 0 Å². The molecule has 2 nitrogen and oxygen atoms in total. The summed E-state index contributed by atoms with van der Waals surface area (Å²) in [7, 11) is 0. The predicted molar refractivity (Wildman–Crippen MR) is 59.5 cm³/mol. The van der Waals surface area contributed by atoms with E-state index in [0.29, 0.717) is 6.54 Å². The van der Waals surface area contributed by atoms with Crippen LogP contribution in [0, 0.1) is 0 Å². The summed E-state index contributed by atoms with van der Waals surface area (Å²) in [5.41, 5.74) is 7.36. The highest BCUT2D eigenvalue weighted by molar-refractivity contribution is 6.35. The van der Waals surface area contributed by atoms with Crippen molar-refractivity contribution in [3.63, 3.8) is 0 Å². The molecule has 0 saturated carbocycles. The third-order valence-corrected chi connectivity index (χ3v) is 2.43. The number of nitrogens with two attached hydrogens (primary N) is 1. The van der Waals surface area contributed by atoms with Crippen molar-refractivity contribution in [2.45, 2.75) is 6.42 Å². The SMILES string of the molecule is NCCc1cc(Cl)c2ccccc2n1. The minimum atomic E-state index is 0.599. The summed E-state index contributed by atoms with van der Waals surface area (Å²) < 4.78 is 0. The summed E-state index contributed by atoms with van der Waals surface area (Å²) >= 11 is 6.12. The van der Waals surface area contributed by atoms with E-state index in [4.69, 9.17) is 17.3 Å². The molecule has 0 bridgehead atoms. The molecule has 2 N–H and O–H groups in total. The van der Waals surface area contributed by atoms with E-state index >= 15 is 0 Å². The first-order valence-electron chi connectivity index (χ1n) is 4.55. The van der Waals surface area contributed by atoms with Gasteiger partial charge >= 0.3 is 0 Å². The van der Waals surface area contributed by atoms with Crippen LogP contribution in [-0.2, 0) is 6.42 Å². The van der Waals surface area contributed by atoms with Gasteiger partial charge in [0.05, 0.1) is 10.5 Å². The van der Waals surface area contributed by atoms with Crippen molar-refractivity contribution in [3.8, 4) is 0 Å². The minimum absolute atomic E-state index is 0.599. The Morgan fingerprint density at radius 2 is 2.07 bits per heavy atom. The van der Waals surface area contributed by atoms with Crippen molar-refractivity contribution >= 4 is 22.5 Å². The summed E-state index contributed by atoms with van der Waals surface area (Å²) in [5, 5.41) is 1.74. The van der Waals surface area contributed by atoms with E-state index in [-0.39, 0.29) is 0 Å². The monoisotopic (exact) mass is 206 g/mol. The molecule has 0 spiro atoms. The van der Waals surface area contributed by atoms with Crippen LogP contribution in [0.2, 0.25) is 5.02 Å². The number of hydrogen-bond donors (Lipinski definition) is 1. The summed E-state index contributed by atoms with van der Waals surface area (Å²) in [4.78, 5) is 4.46. The van der Waals surface area contributed by atoms with Gasteiger partial charge in [0.15, 0.2) is 0 Å². The largest absolute Gasteiger partial charge is 0.330 e. The first-order valence-corrected chi connectivity index (χ1v) is 4.93. The molecule has 0 aliphatic heterocycles. The van der Waals surface area contributed by atoms with Crippen molar-refractivity contribution < 1.29 is 0 Å². The maximum absolute atomic E-state index is 6.12. The van der Waals surface area contributed by atoms with E-state index < -0.39 is 0 Å². The molecule has 0 aliphatic rings. The van der Waals surface area contributed by atoms with E-state index in [1.54, 1.807) is 0 Å². The molecule has 1 heterocycles. The molecule has 2 rings (SSSR count). The molecule has 1 aromatic carbocycles. The summed E-state index contributed by atoms with van der Waals surface area (Å²) in [6, 6.07) is 9.73. The quantitative estimate of drug-likeness (QED) is 0.820. The molecule has 3 heteroatoms. The highest BCUT2D eigenvalue weighted by Crippen LogP contribution is 2.22. The highest BCUT2D eigenvalue weighted by Gasteiger charge is 2.02. The molecule has 0 radical (unpaired) electrons. The van der Waals surface area contributed by atoms with Crippen LogP contribution in [0.15, 0.2) is 30.3 Å². The zero-order chi connectivity index (χ0) is 9.97. The number of aromatic nitrogens is 1. The zero-order valence-corrected chi connectivity index (χ0v) is 8.46. The lowest BCUT2D eigenvalue weighted by Crippen LogP contribution is -2.04. The average Bonchev–Trinajstić information content (AvgIpc) is 2.18. The molecular formula is C11H11ClN2. The lowest BCUT2D eigenvalue weighted by atomic mass is 10.2. The van der Waals surface area contributed by atoms with Crippen LogP contribution in [0.1, 0.15) is 5.69 Å². The number of para-hydroxylation sites is 1.